The molecule has 1 N–H and O–H groups in total. The van der Waals surface area contributed by atoms with E-state index in [-0.39, 0.29) is 17.7 Å². The Labute approximate surface area is 188 Å². The van der Waals surface area contributed by atoms with Crippen molar-refractivity contribution in [2.75, 3.05) is 32.5 Å². The fourth-order valence-corrected chi connectivity index (χ4v) is 3.99. The number of carbonyl (C=O) groups is 2. The number of anilines is 1. The van der Waals surface area contributed by atoms with E-state index in [1.54, 1.807) is 11.9 Å². The molecule has 1 atom stereocenters. The third-order valence-corrected chi connectivity index (χ3v) is 5.88. The number of hydrogen-bond donors (Lipinski definition) is 1. The summed E-state index contributed by atoms with van der Waals surface area (Å²) in [4.78, 5) is 37.4. The number of likely N-dealkylation sites (tertiary alicyclic amines) is 1. The van der Waals surface area contributed by atoms with Crippen LogP contribution >= 0.6 is 11.6 Å². The molecule has 3 rings (SSSR count). The van der Waals surface area contributed by atoms with Gasteiger partial charge in [0, 0.05) is 57.5 Å². The number of benzene rings is 1. The molecule has 1 aromatic heterocycles. The van der Waals surface area contributed by atoms with Crippen molar-refractivity contribution in [2.24, 2.45) is 0 Å². The predicted molar refractivity (Wildman–Crippen MR) is 122 cm³/mol. The van der Waals surface area contributed by atoms with E-state index in [2.05, 4.69) is 10.3 Å². The minimum Gasteiger partial charge on any atom is -0.373 e. The number of hydrogen-bond acceptors (Lipinski definition) is 5. The smallest absolute Gasteiger partial charge is 0.222 e. The molecule has 8 heteroatoms. The van der Waals surface area contributed by atoms with Gasteiger partial charge in [-0.15, -0.1) is 0 Å². The molecule has 0 radical (unpaired) electrons. The number of nitrogens with one attached hydrogen (secondary N) is 1. The van der Waals surface area contributed by atoms with Crippen LogP contribution in [-0.2, 0) is 22.6 Å². The molecular formula is C23H30ClN5O2. The van der Waals surface area contributed by atoms with Gasteiger partial charge in [-0.25, -0.2) is 9.97 Å². The van der Waals surface area contributed by atoms with Crippen LogP contribution in [0.2, 0.25) is 5.02 Å². The molecule has 2 heterocycles. The van der Waals surface area contributed by atoms with E-state index in [1.165, 1.54) is 6.92 Å². The highest BCUT2D eigenvalue weighted by Crippen LogP contribution is 2.26. The predicted octanol–water partition coefficient (Wildman–Crippen LogP) is 3.49. The van der Waals surface area contributed by atoms with Crippen LogP contribution in [0, 0.1) is 0 Å². The highest BCUT2D eigenvalue weighted by atomic mass is 35.5. The van der Waals surface area contributed by atoms with E-state index in [9.17, 15) is 9.59 Å². The average Bonchev–Trinajstić information content (AvgIpc) is 2.77. The lowest BCUT2D eigenvalue weighted by atomic mass is 9.96. The van der Waals surface area contributed by atoms with Crippen LogP contribution in [0.3, 0.4) is 0 Å². The number of carbonyl (C=O) groups excluding carboxylic acids is 2. The molecule has 2 aromatic rings. The third-order valence-electron chi connectivity index (χ3n) is 5.65. The summed E-state index contributed by atoms with van der Waals surface area (Å²) in [7, 11) is 3.57. The Kier molecular flexibility index (Phi) is 7.85. The molecule has 0 spiro atoms. The van der Waals surface area contributed by atoms with Gasteiger partial charge in [-0.05, 0) is 37.0 Å². The SMILES string of the molecule is CNc1cc(CN(C)C(C)=O)nc(C2CCCN(C(=O)CCc3cccc(Cl)c3)C2)n1. The molecule has 1 aliphatic heterocycles. The summed E-state index contributed by atoms with van der Waals surface area (Å²) in [6.45, 7) is 3.34. The van der Waals surface area contributed by atoms with E-state index in [4.69, 9.17) is 16.6 Å². The topological polar surface area (TPSA) is 78.4 Å². The van der Waals surface area contributed by atoms with Gasteiger partial charge in [-0.3, -0.25) is 9.59 Å². The maximum atomic E-state index is 12.8. The Hall–Kier alpha value is -2.67. The Morgan fingerprint density at radius 3 is 2.81 bits per heavy atom. The van der Waals surface area contributed by atoms with Crippen molar-refractivity contribution in [3.8, 4) is 0 Å². The minimum atomic E-state index is -0.0136. The maximum Gasteiger partial charge on any atom is 0.222 e. The van der Waals surface area contributed by atoms with Crippen molar-refractivity contribution in [2.45, 2.75) is 45.1 Å². The zero-order valence-corrected chi connectivity index (χ0v) is 19.2. The van der Waals surface area contributed by atoms with E-state index in [0.717, 1.165) is 42.3 Å². The summed E-state index contributed by atoms with van der Waals surface area (Å²) >= 11 is 6.05. The van der Waals surface area contributed by atoms with Crippen molar-refractivity contribution in [1.82, 2.24) is 19.8 Å². The first-order valence-corrected chi connectivity index (χ1v) is 11.0. The average molecular weight is 444 g/mol. The molecule has 1 unspecified atom stereocenters. The molecule has 0 saturated carbocycles. The van der Waals surface area contributed by atoms with Crippen molar-refractivity contribution >= 4 is 29.2 Å². The van der Waals surface area contributed by atoms with E-state index in [1.807, 2.05) is 42.3 Å². The van der Waals surface area contributed by atoms with Gasteiger partial charge in [-0.2, -0.15) is 0 Å². The Balaban J connectivity index is 1.67. The molecule has 0 bridgehead atoms. The Bertz CT molecular complexity index is 936. The molecule has 0 aliphatic carbocycles. The zero-order chi connectivity index (χ0) is 22.4. The lowest BCUT2D eigenvalue weighted by molar-refractivity contribution is -0.132. The second kappa shape index (κ2) is 10.6. The van der Waals surface area contributed by atoms with Crippen molar-refractivity contribution in [1.29, 1.82) is 0 Å². The first-order chi connectivity index (χ1) is 14.9. The van der Waals surface area contributed by atoms with Crippen LogP contribution in [0.4, 0.5) is 5.82 Å². The largest absolute Gasteiger partial charge is 0.373 e. The first-order valence-electron chi connectivity index (χ1n) is 10.6. The fraction of sp³-hybridized carbons (Fsp3) is 0.478. The maximum absolute atomic E-state index is 12.8. The van der Waals surface area contributed by atoms with Gasteiger partial charge in [0.15, 0.2) is 0 Å². The quantitative estimate of drug-likeness (QED) is 0.708. The molecule has 2 amide bonds. The van der Waals surface area contributed by atoms with Gasteiger partial charge < -0.3 is 15.1 Å². The molecule has 1 aliphatic rings. The van der Waals surface area contributed by atoms with Crippen LogP contribution in [0.5, 0.6) is 0 Å². The number of aromatic nitrogens is 2. The molecule has 1 aromatic carbocycles. The zero-order valence-electron chi connectivity index (χ0n) is 18.4. The second-order valence-electron chi connectivity index (χ2n) is 8.04. The molecule has 31 heavy (non-hydrogen) atoms. The standard InChI is InChI=1S/C23H30ClN5O2/c1-16(30)28(3)15-20-13-21(25-2)27-23(26-20)18-7-5-11-29(14-18)22(31)10-9-17-6-4-8-19(24)12-17/h4,6,8,12-13,18H,5,7,9-11,14-15H2,1-3H3,(H,25,26,27). The summed E-state index contributed by atoms with van der Waals surface area (Å²) in [5.41, 5.74) is 1.86. The van der Waals surface area contributed by atoms with Gasteiger partial charge >= 0.3 is 0 Å². The van der Waals surface area contributed by atoms with Gasteiger partial charge in [0.05, 0.1) is 12.2 Å². The Morgan fingerprint density at radius 2 is 2.10 bits per heavy atom. The second-order valence-corrected chi connectivity index (χ2v) is 8.47. The van der Waals surface area contributed by atoms with Crippen molar-refractivity contribution in [3.63, 3.8) is 0 Å². The summed E-state index contributed by atoms with van der Waals surface area (Å²) in [5, 5.41) is 3.77. The fourth-order valence-electron chi connectivity index (χ4n) is 3.78. The molecule has 166 valence electrons. The van der Waals surface area contributed by atoms with Crippen LogP contribution in [0.25, 0.3) is 0 Å². The van der Waals surface area contributed by atoms with Crippen molar-refractivity contribution in [3.05, 3.63) is 52.4 Å². The normalized spacial score (nSPS) is 16.1. The highest BCUT2D eigenvalue weighted by Gasteiger charge is 2.27. The van der Waals surface area contributed by atoms with E-state index < -0.39 is 0 Å². The minimum absolute atomic E-state index is 0.0136. The highest BCUT2D eigenvalue weighted by molar-refractivity contribution is 6.30. The van der Waals surface area contributed by atoms with Crippen LogP contribution in [0.15, 0.2) is 30.3 Å². The summed E-state index contributed by atoms with van der Waals surface area (Å²) in [6, 6.07) is 9.51. The Morgan fingerprint density at radius 1 is 1.29 bits per heavy atom. The molecule has 1 fully saturated rings. The lowest BCUT2D eigenvalue weighted by Gasteiger charge is -2.32. The number of nitrogens with zero attached hydrogens (tertiary/aromatic N) is 4. The number of aryl methyl sites for hydroxylation is 1. The van der Waals surface area contributed by atoms with Gasteiger partial charge in [0.25, 0.3) is 0 Å². The van der Waals surface area contributed by atoms with Crippen LogP contribution < -0.4 is 5.32 Å². The molecular weight excluding hydrogens is 414 g/mol. The monoisotopic (exact) mass is 443 g/mol. The molecule has 7 nitrogen and oxygen atoms in total. The summed E-state index contributed by atoms with van der Waals surface area (Å²) in [6.07, 6.45) is 2.99. The van der Waals surface area contributed by atoms with E-state index >= 15 is 0 Å². The first kappa shape index (κ1) is 23.0. The number of halogens is 1. The van der Waals surface area contributed by atoms with Gasteiger partial charge in [0.2, 0.25) is 11.8 Å². The van der Waals surface area contributed by atoms with Gasteiger partial charge in [0.1, 0.15) is 11.6 Å². The summed E-state index contributed by atoms with van der Waals surface area (Å²) < 4.78 is 0. The molecule has 1 saturated heterocycles. The van der Waals surface area contributed by atoms with Crippen LogP contribution in [-0.4, -0.2) is 58.8 Å². The number of amides is 2. The lowest BCUT2D eigenvalue weighted by Crippen LogP contribution is -2.39. The number of rotatable bonds is 7. The third kappa shape index (κ3) is 6.40. The van der Waals surface area contributed by atoms with Gasteiger partial charge in [-0.1, -0.05) is 23.7 Å². The number of piperidine rings is 1. The van der Waals surface area contributed by atoms with Crippen molar-refractivity contribution < 1.29 is 9.59 Å². The van der Waals surface area contributed by atoms with E-state index in [0.29, 0.717) is 31.0 Å². The van der Waals surface area contributed by atoms with Crippen LogP contribution in [0.1, 0.15) is 49.2 Å². The summed E-state index contributed by atoms with van der Waals surface area (Å²) in [5.74, 6) is 1.66.